The van der Waals surface area contributed by atoms with Gasteiger partial charge >= 0.3 is 6.09 Å². The van der Waals surface area contributed by atoms with Gasteiger partial charge in [-0.25, -0.2) is 9.69 Å². The maximum Gasteiger partial charge on any atom is 0.418 e. The van der Waals surface area contributed by atoms with Crippen LogP contribution in [0.2, 0.25) is 10.0 Å². The van der Waals surface area contributed by atoms with Gasteiger partial charge in [0, 0.05) is 19.0 Å². The van der Waals surface area contributed by atoms with E-state index in [2.05, 4.69) is 5.32 Å². The summed E-state index contributed by atoms with van der Waals surface area (Å²) in [5.74, 6) is -1.05. The quantitative estimate of drug-likeness (QED) is 0.504. The van der Waals surface area contributed by atoms with Crippen LogP contribution in [0.15, 0.2) is 48.5 Å². The Kier molecular flexibility index (Phi) is 7.48. The second-order valence-electron chi connectivity index (χ2n) is 9.10. The van der Waals surface area contributed by atoms with Gasteiger partial charge in [-0.3, -0.25) is 9.59 Å². The summed E-state index contributed by atoms with van der Waals surface area (Å²) in [5, 5.41) is 3.54. The van der Waals surface area contributed by atoms with Crippen LogP contribution in [0.1, 0.15) is 50.2 Å². The minimum absolute atomic E-state index is 0.0422. The predicted molar refractivity (Wildman–Crippen MR) is 131 cm³/mol. The third kappa shape index (κ3) is 4.93. The SMILES string of the molecule is C[C@H](C1CCCCC1)N1C(=O)O[C@](Cc2ccccc2)(C(=O)NCc2ccc(Cl)c(Cl)c2)C1=O. The van der Waals surface area contributed by atoms with Crippen molar-refractivity contribution in [2.75, 3.05) is 0 Å². The maximum atomic E-state index is 13.8. The molecule has 180 valence electrons. The van der Waals surface area contributed by atoms with Gasteiger partial charge in [0.2, 0.25) is 0 Å². The number of ether oxygens (including phenoxy) is 1. The highest BCUT2D eigenvalue weighted by atomic mass is 35.5. The fraction of sp³-hybridized carbons (Fsp3) is 0.423. The van der Waals surface area contributed by atoms with E-state index in [9.17, 15) is 14.4 Å². The number of hydrogen-bond donors (Lipinski definition) is 1. The lowest BCUT2D eigenvalue weighted by molar-refractivity contribution is -0.150. The lowest BCUT2D eigenvalue weighted by atomic mass is 9.83. The van der Waals surface area contributed by atoms with Crippen LogP contribution in [-0.4, -0.2) is 34.5 Å². The van der Waals surface area contributed by atoms with E-state index in [-0.39, 0.29) is 24.9 Å². The van der Waals surface area contributed by atoms with E-state index in [4.69, 9.17) is 27.9 Å². The van der Waals surface area contributed by atoms with Gasteiger partial charge in [0.05, 0.1) is 10.0 Å². The Bertz CT molecular complexity index is 1070. The van der Waals surface area contributed by atoms with Crippen LogP contribution >= 0.6 is 23.2 Å². The third-order valence-electron chi connectivity index (χ3n) is 6.86. The van der Waals surface area contributed by atoms with E-state index >= 15 is 0 Å². The van der Waals surface area contributed by atoms with Gasteiger partial charge in [0.25, 0.3) is 17.4 Å². The number of amides is 3. The first kappa shape index (κ1) is 24.6. The number of hydrogen-bond acceptors (Lipinski definition) is 4. The minimum atomic E-state index is -1.96. The van der Waals surface area contributed by atoms with Gasteiger partial charge in [0.15, 0.2) is 0 Å². The van der Waals surface area contributed by atoms with E-state index in [0.717, 1.165) is 42.6 Å². The number of cyclic esters (lactones) is 1. The van der Waals surface area contributed by atoms with Crippen molar-refractivity contribution in [1.82, 2.24) is 10.2 Å². The molecule has 2 atom stereocenters. The summed E-state index contributed by atoms with van der Waals surface area (Å²) in [4.78, 5) is 41.4. The Labute approximate surface area is 209 Å². The van der Waals surface area contributed by atoms with Crippen molar-refractivity contribution in [3.8, 4) is 0 Å². The van der Waals surface area contributed by atoms with Crippen LogP contribution in [0, 0.1) is 5.92 Å². The number of carbonyl (C=O) groups is 3. The topological polar surface area (TPSA) is 75.7 Å². The molecule has 0 aromatic heterocycles. The lowest BCUT2D eigenvalue weighted by Gasteiger charge is -2.32. The Hall–Kier alpha value is -2.57. The number of nitrogens with one attached hydrogen (secondary N) is 1. The molecule has 1 aliphatic heterocycles. The highest BCUT2D eigenvalue weighted by Gasteiger charge is 2.60. The van der Waals surface area contributed by atoms with Crippen molar-refractivity contribution in [2.24, 2.45) is 5.92 Å². The van der Waals surface area contributed by atoms with E-state index < -0.39 is 23.5 Å². The molecule has 1 saturated heterocycles. The molecule has 0 bridgehead atoms. The molecule has 6 nitrogen and oxygen atoms in total. The first-order valence-corrected chi connectivity index (χ1v) is 12.4. The molecule has 4 rings (SSSR count). The average Bonchev–Trinajstić information content (AvgIpc) is 3.10. The molecule has 34 heavy (non-hydrogen) atoms. The third-order valence-corrected chi connectivity index (χ3v) is 7.60. The van der Waals surface area contributed by atoms with E-state index in [1.54, 1.807) is 18.2 Å². The summed E-state index contributed by atoms with van der Waals surface area (Å²) in [6, 6.07) is 13.8. The van der Waals surface area contributed by atoms with Crippen molar-refractivity contribution in [1.29, 1.82) is 0 Å². The summed E-state index contributed by atoms with van der Waals surface area (Å²) in [5.41, 5.74) is -0.528. The number of nitrogens with zero attached hydrogens (tertiary/aromatic N) is 1. The van der Waals surface area contributed by atoms with Crippen LogP contribution in [0.5, 0.6) is 0 Å². The van der Waals surface area contributed by atoms with Crippen LogP contribution in [0.25, 0.3) is 0 Å². The molecule has 0 unspecified atom stereocenters. The first-order valence-electron chi connectivity index (χ1n) is 11.6. The zero-order valence-corrected chi connectivity index (χ0v) is 20.6. The molecule has 1 saturated carbocycles. The van der Waals surface area contributed by atoms with Crippen LogP contribution in [0.4, 0.5) is 4.79 Å². The standard InChI is InChI=1S/C26H28Cl2N2O4/c1-17(20-10-6-3-7-11-20)30-24(32)26(34-25(30)33,15-18-8-4-2-5-9-18)23(31)29-16-19-12-13-21(27)22(28)14-19/h2,4-5,8-9,12-14,17,20H,3,6-7,10-11,15-16H2,1H3,(H,29,31)/t17-,26-/m1/s1. The van der Waals surface area contributed by atoms with Crippen molar-refractivity contribution in [3.63, 3.8) is 0 Å². The Morgan fingerprint density at radius 1 is 1.06 bits per heavy atom. The number of imide groups is 1. The molecule has 2 aromatic rings. The molecule has 1 N–H and O–H groups in total. The van der Waals surface area contributed by atoms with Gasteiger partial charge in [0.1, 0.15) is 0 Å². The number of benzene rings is 2. The minimum Gasteiger partial charge on any atom is -0.422 e. The second-order valence-corrected chi connectivity index (χ2v) is 9.92. The predicted octanol–water partition coefficient (Wildman–Crippen LogP) is 5.54. The molecule has 8 heteroatoms. The molecule has 0 radical (unpaired) electrons. The normalized spacial score (nSPS) is 21.9. The summed E-state index contributed by atoms with van der Waals surface area (Å²) in [7, 11) is 0. The molecule has 2 fully saturated rings. The van der Waals surface area contributed by atoms with Gasteiger partial charge < -0.3 is 10.1 Å². The van der Waals surface area contributed by atoms with Gasteiger partial charge in [-0.15, -0.1) is 0 Å². The lowest BCUT2D eigenvalue weighted by Crippen LogP contribution is -2.56. The van der Waals surface area contributed by atoms with Crippen LogP contribution in [0.3, 0.4) is 0 Å². The highest BCUT2D eigenvalue weighted by Crippen LogP contribution is 2.36. The maximum absolute atomic E-state index is 13.8. The molecule has 0 spiro atoms. The van der Waals surface area contributed by atoms with E-state index in [0.29, 0.717) is 15.6 Å². The number of carbonyl (C=O) groups excluding carboxylic acids is 3. The Balaban J connectivity index is 1.60. The average molecular weight is 503 g/mol. The summed E-state index contributed by atoms with van der Waals surface area (Å²) in [6.07, 6.45) is 4.41. The van der Waals surface area contributed by atoms with Crippen molar-refractivity contribution in [2.45, 2.75) is 63.6 Å². The Morgan fingerprint density at radius 2 is 1.76 bits per heavy atom. The van der Waals surface area contributed by atoms with Crippen LogP contribution in [-0.2, 0) is 27.3 Å². The molecule has 2 aliphatic rings. The van der Waals surface area contributed by atoms with Crippen molar-refractivity contribution in [3.05, 3.63) is 69.7 Å². The van der Waals surface area contributed by atoms with Crippen LogP contribution < -0.4 is 5.32 Å². The van der Waals surface area contributed by atoms with Gasteiger partial charge in [-0.2, -0.15) is 0 Å². The number of halogens is 2. The molecule has 1 heterocycles. The molecular weight excluding hydrogens is 475 g/mol. The monoisotopic (exact) mass is 502 g/mol. The molecular formula is C26H28Cl2N2O4. The molecule has 3 amide bonds. The highest BCUT2D eigenvalue weighted by molar-refractivity contribution is 6.42. The fourth-order valence-corrected chi connectivity index (χ4v) is 5.21. The van der Waals surface area contributed by atoms with E-state index in [1.165, 1.54) is 0 Å². The summed E-state index contributed by atoms with van der Waals surface area (Å²) in [6.45, 7) is 1.98. The largest absolute Gasteiger partial charge is 0.422 e. The van der Waals surface area contributed by atoms with Gasteiger partial charge in [-0.05, 0) is 48.9 Å². The molecule has 2 aromatic carbocycles. The number of rotatable bonds is 7. The summed E-state index contributed by atoms with van der Waals surface area (Å²) >= 11 is 12.1. The zero-order chi connectivity index (χ0) is 24.3. The second kappa shape index (κ2) is 10.4. The summed E-state index contributed by atoms with van der Waals surface area (Å²) < 4.78 is 5.66. The van der Waals surface area contributed by atoms with Gasteiger partial charge in [-0.1, -0.05) is 78.9 Å². The first-order chi connectivity index (χ1) is 16.3. The van der Waals surface area contributed by atoms with E-state index in [1.807, 2.05) is 37.3 Å². The zero-order valence-electron chi connectivity index (χ0n) is 19.1. The van der Waals surface area contributed by atoms with Crippen molar-refractivity contribution >= 4 is 41.1 Å². The molecule has 1 aliphatic carbocycles. The van der Waals surface area contributed by atoms with Crippen molar-refractivity contribution < 1.29 is 19.1 Å². The fourth-order valence-electron chi connectivity index (χ4n) is 4.89. The Morgan fingerprint density at radius 3 is 2.44 bits per heavy atom. The smallest absolute Gasteiger partial charge is 0.418 e.